The van der Waals surface area contributed by atoms with Crippen LogP contribution < -0.4 is 9.46 Å². The van der Waals surface area contributed by atoms with Crippen LogP contribution in [0, 0.1) is 0 Å². The zero-order valence-electron chi connectivity index (χ0n) is 17.8. The van der Waals surface area contributed by atoms with Gasteiger partial charge < -0.3 is 14.5 Å². The van der Waals surface area contributed by atoms with Crippen molar-refractivity contribution in [3.8, 4) is 5.75 Å². The molecule has 2 aliphatic rings. The van der Waals surface area contributed by atoms with E-state index in [0.29, 0.717) is 31.7 Å². The molecule has 0 bridgehead atoms. The van der Waals surface area contributed by atoms with E-state index in [9.17, 15) is 18.0 Å². The minimum atomic E-state index is -3.76. The Kier molecular flexibility index (Phi) is 6.99. The monoisotopic (exact) mass is 438 g/mol. The second kappa shape index (κ2) is 9.32. The number of hydrogen-bond acceptors (Lipinski definition) is 6. The number of nitrogens with zero attached hydrogens (tertiary/aromatic N) is 3. The van der Waals surface area contributed by atoms with Crippen LogP contribution in [0.4, 0.5) is 0 Å². The molecule has 2 fully saturated rings. The normalized spacial score (nSPS) is 18.0. The lowest BCUT2D eigenvalue weighted by Crippen LogP contribution is -2.39. The van der Waals surface area contributed by atoms with E-state index < -0.39 is 10.0 Å². The Morgan fingerprint density at radius 3 is 2.53 bits per heavy atom. The molecule has 1 aliphatic heterocycles. The quantitative estimate of drug-likeness (QED) is 0.661. The largest absolute Gasteiger partial charge is 0.495 e. The topological polar surface area (TPSA) is 99.3 Å². The molecule has 0 atom stereocenters. The van der Waals surface area contributed by atoms with Gasteiger partial charge in [0.2, 0.25) is 15.9 Å². The van der Waals surface area contributed by atoms with Crippen molar-refractivity contribution in [2.75, 3.05) is 53.9 Å². The molecular formula is C20H30N4O5S. The van der Waals surface area contributed by atoms with Crippen LogP contribution in [0.2, 0.25) is 0 Å². The summed E-state index contributed by atoms with van der Waals surface area (Å²) in [5.41, 5.74) is 0.310. The predicted octanol–water partition coefficient (Wildman–Crippen LogP) is 0.372. The van der Waals surface area contributed by atoms with Gasteiger partial charge in [-0.05, 0) is 37.5 Å². The molecule has 1 saturated heterocycles. The molecule has 2 amide bonds. The van der Waals surface area contributed by atoms with Gasteiger partial charge in [0.05, 0.1) is 13.7 Å². The van der Waals surface area contributed by atoms with E-state index in [2.05, 4.69) is 4.72 Å². The first-order chi connectivity index (χ1) is 14.2. The molecule has 1 saturated carbocycles. The van der Waals surface area contributed by atoms with Crippen LogP contribution in [0.25, 0.3) is 0 Å². The molecule has 0 spiro atoms. The number of amides is 2. The molecule has 30 heavy (non-hydrogen) atoms. The molecule has 0 aromatic heterocycles. The van der Waals surface area contributed by atoms with Crippen LogP contribution in [0.15, 0.2) is 23.1 Å². The van der Waals surface area contributed by atoms with Crippen molar-refractivity contribution >= 4 is 21.8 Å². The Labute approximate surface area is 178 Å². The molecule has 1 aromatic rings. The smallest absolute Gasteiger partial charge is 0.253 e. The number of nitrogens with one attached hydrogen (secondary N) is 1. The van der Waals surface area contributed by atoms with Gasteiger partial charge in [0.1, 0.15) is 10.6 Å². The van der Waals surface area contributed by atoms with E-state index in [0.717, 1.165) is 25.8 Å². The van der Waals surface area contributed by atoms with E-state index in [1.54, 1.807) is 30.0 Å². The molecule has 0 unspecified atom stereocenters. The molecule has 1 aliphatic carbocycles. The first-order valence-corrected chi connectivity index (χ1v) is 11.6. The molecular weight excluding hydrogens is 408 g/mol. The second-order valence-electron chi connectivity index (χ2n) is 7.97. The third-order valence-electron chi connectivity index (χ3n) is 5.33. The van der Waals surface area contributed by atoms with Gasteiger partial charge in [0.25, 0.3) is 5.91 Å². The Hall–Kier alpha value is -2.17. The Bertz CT molecular complexity index is 898. The van der Waals surface area contributed by atoms with Crippen molar-refractivity contribution in [3.63, 3.8) is 0 Å². The standard InChI is InChI=1S/C20H30N4O5S/c1-22(2)19(25)14-23-9-4-10-24(12-11-23)20(26)15-5-8-17(29-3)18(13-15)30(27,28)21-16-6-7-16/h5,8,13,16,21H,4,6-7,9-12,14H2,1-3H3. The minimum absolute atomic E-state index is 0.0178. The SMILES string of the molecule is COc1ccc(C(=O)N2CCCN(CC(=O)N(C)C)CC2)cc1S(=O)(=O)NC1CC1. The van der Waals surface area contributed by atoms with Crippen molar-refractivity contribution in [2.24, 2.45) is 0 Å². The first kappa shape index (κ1) is 22.5. The van der Waals surface area contributed by atoms with Crippen LogP contribution in [-0.2, 0) is 14.8 Å². The lowest BCUT2D eigenvalue weighted by Gasteiger charge is -2.23. The van der Waals surface area contributed by atoms with Crippen molar-refractivity contribution in [3.05, 3.63) is 23.8 Å². The number of hydrogen-bond donors (Lipinski definition) is 1. The molecule has 166 valence electrons. The van der Waals surface area contributed by atoms with E-state index in [-0.39, 0.29) is 28.5 Å². The van der Waals surface area contributed by atoms with Crippen molar-refractivity contribution in [2.45, 2.75) is 30.2 Å². The maximum atomic E-state index is 13.1. The van der Waals surface area contributed by atoms with E-state index >= 15 is 0 Å². The van der Waals surface area contributed by atoms with Gasteiger partial charge in [-0.2, -0.15) is 0 Å². The van der Waals surface area contributed by atoms with Crippen LogP contribution in [0.1, 0.15) is 29.6 Å². The number of likely N-dealkylation sites (N-methyl/N-ethyl adjacent to an activating group) is 1. The van der Waals surface area contributed by atoms with Gasteiger partial charge in [0.15, 0.2) is 0 Å². The van der Waals surface area contributed by atoms with E-state index in [1.807, 2.05) is 4.90 Å². The fourth-order valence-corrected chi connectivity index (χ4v) is 4.85. The molecule has 9 nitrogen and oxygen atoms in total. The average Bonchev–Trinajstić information content (AvgIpc) is 3.54. The fourth-order valence-electron chi connectivity index (χ4n) is 3.35. The molecule has 0 radical (unpaired) electrons. The molecule has 3 rings (SSSR count). The van der Waals surface area contributed by atoms with E-state index in [1.165, 1.54) is 19.2 Å². The van der Waals surface area contributed by atoms with Gasteiger partial charge in [-0.1, -0.05) is 0 Å². The highest BCUT2D eigenvalue weighted by atomic mass is 32.2. The Morgan fingerprint density at radius 2 is 1.90 bits per heavy atom. The maximum absolute atomic E-state index is 13.1. The van der Waals surface area contributed by atoms with Gasteiger partial charge in [-0.25, -0.2) is 13.1 Å². The lowest BCUT2D eigenvalue weighted by molar-refractivity contribution is -0.129. The highest BCUT2D eigenvalue weighted by molar-refractivity contribution is 7.89. The minimum Gasteiger partial charge on any atom is -0.495 e. The zero-order valence-corrected chi connectivity index (χ0v) is 18.6. The summed E-state index contributed by atoms with van der Waals surface area (Å²) in [7, 11) is 1.10. The van der Waals surface area contributed by atoms with Gasteiger partial charge in [-0.15, -0.1) is 0 Å². The fraction of sp³-hybridized carbons (Fsp3) is 0.600. The number of carbonyl (C=O) groups excluding carboxylic acids is 2. The number of ether oxygens (including phenoxy) is 1. The summed E-state index contributed by atoms with van der Waals surface area (Å²) in [6.07, 6.45) is 2.39. The summed E-state index contributed by atoms with van der Waals surface area (Å²) < 4.78 is 33.3. The highest BCUT2D eigenvalue weighted by Gasteiger charge is 2.31. The third-order valence-corrected chi connectivity index (χ3v) is 6.87. The van der Waals surface area contributed by atoms with Crippen LogP contribution in [0.3, 0.4) is 0 Å². The summed E-state index contributed by atoms with van der Waals surface area (Å²) in [5.74, 6) is 0.0215. The summed E-state index contributed by atoms with van der Waals surface area (Å²) in [4.78, 5) is 30.3. The number of methoxy groups -OCH3 is 1. The summed E-state index contributed by atoms with van der Waals surface area (Å²) in [5, 5.41) is 0. The molecule has 10 heteroatoms. The van der Waals surface area contributed by atoms with Crippen LogP contribution in [0.5, 0.6) is 5.75 Å². The van der Waals surface area contributed by atoms with Gasteiger partial charge >= 0.3 is 0 Å². The molecule has 1 heterocycles. The average molecular weight is 439 g/mol. The van der Waals surface area contributed by atoms with E-state index in [4.69, 9.17) is 4.74 Å². The highest BCUT2D eigenvalue weighted by Crippen LogP contribution is 2.28. The maximum Gasteiger partial charge on any atom is 0.253 e. The van der Waals surface area contributed by atoms with Crippen LogP contribution in [-0.4, -0.2) is 94.9 Å². The number of sulfonamides is 1. The van der Waals surface area contributed by atoms with Crippen molar-refractivity contribution in [1.82, 2.24) is 19.4 Å². The summed E-state index contributed by atoms with van der Waals surface area (Å²) in [6.45, 7) is 2.69. The zero-order chi connectivity index (χ0) is 21.9. The van der Waals surface area contributed by atoms with Crippen LogP contribution >= 0.6 is 0 Å². The molecule has 1 aromatic carbocycles. The Balaban J connectivity index is 1.73. The lowest BCUT2D eigenvalue weighted by atomic mass is 10.2. The van der Waals surface area contributed by atoms with Crippen molar-refractivity contribution < 1.29 is 22.7 Å². The van der Waals surface area contributed by atoms with Gasteiger partial charge in [0, 0.05) is 51.9 Å². The van der Waals surface area contributed by atoms with Gasteiger partial charge in [-0.3, -0.25) is 14.5 Å². The summed E-state index contributed by atoms with van der Waals surface area (Å²) >= 11 is 0. The van der Waals surface area contributed by atoms with Crippen molar-refractivity contribution in [1.29, 1.82) is 0 Å². The Morgan fingerprint density at radius 1 is 1.17 bits per heavy atom. The third kappa shape index (κ3) is 5.50. The number of benzene rings is 1. The number of carbonyl (C=O) groups is 2. The predicted molar refractivity (Wildman–Crippen MR) is 112 cm³/mol. The molecule has 1 N–H and O–H groups in total. The number of rotatable bonds is 7. The first-order valence-electron chi connectivity index (χ1n) is 10.1. The second-order valence-corrected chi connectivity index (χ2v) is 9.65. The summed E-state index contributed by atoms with van der Waals surface area (Å²) in [6, 6.07) is 4.47.